The van der Waals surface area contributed by atoms with E-state index in [0.29, 0.717) is 22.8 Å². The summed E-state index contributed by atoms with van der Waals surface area (Å²) < 4.78 is 1.49. The van der Waals surface area contributed by atoms with Crippen molar-refractivity contribution in [3.05, 3.63) is 53.0 Å². The number of nitrogens with two attached hydrogens (primary N) is 1. The van der Waals surface area contributed by atoms with Crippen LogP contribution in [0.2, 0.25) is 0 Å². The van der Waals surface area contributed by atoms with Crippen LogP contribution >= 0.6 is 0 Å². The molecule has 0 saturated heterocycles. The van der Waals surface area contributed by atoms with E-state index in [9.17, 15) is 4.79 Å². The molecule has 3 heterocycles. The van der Waals surface area contributed by atoms with Crippen LogP contribution in [0.3, 0.4) is 0 Å². The van der Waals surface area contributed by atoms with Crippen molar-refractivity contribution in [2.24, 2.45) is 7.05 Å². The number of fused-ring (bicyclic) bond motifs is 1. The van der Waals surface area contributed by atoms with Gasteiger partial charge in [-0.3, -0.25) is 9.36 Å². The molecule has 0 fully saturated rings. The van der Waals surface area contributed by atoms with Crippen molar-refractivity contribution in [1.82, 2.24) is 19.5 Å². The monoisotopic (exact) mass is 296 g/mol. The molecule has 7 nitrogen and oxygen atoms in total. The highest BCUT2D eigenvalue weighted by molar-refractivity contribution is 5.90. The van der Waals surface area contributed by atoms with E-state index in [-0.39, 0.29) is 11.6 Å². The van der Waals surface area contributed by atoms with Crippen LogP contribution in [0.15, 0.2) is 41.6 Å². The summed E-state index contributed by atoms with van der Waals surface area (Å²) in [7, 11) is 1.68. The number of aryl methyl sites for hydroxylation is 1. The van der Waals surface area contributed by atoms with Gasteiger partial charge in [-0.05, 0) is 19.1 Å². The number of nitrogens with zero attached hydrogens (tertiary/aromatic N) is 4. The van der Waals surface area contributed by atoms with Crippen LogP contribution in [0.5, 0.6) is 0 Å². The van der Waals surface area contributed by atoms with E-state index >= 15 is 0 Å². The fourth-order valence-electron chi connectivity index (χ4n) is 2.29. The normalized spacial score (nSPS) is 12.3. The van der Waals surface area contributed by atoms with E-state index in [4.69, 9.17) is 5.73 Å². The first-order valence-electron chi connectivity index (χ1n) is 6.85. The van der Waals surface area contributed by atoms with Gasteiger partial charge in [-0.2, -0.15) is 0 Å². The molecular formula is C15H16N6O. The second-order valence-electron chi connectivity index (χ2n) is 5.07. The van der Waals surface area contributed by atoms with Crippen LogP contribution in [-0.2, 0) is 7.05 Å². The molecule has 0 aliphatic carbocycles. The maximum absolute atomic E-state index is 12.1. The quantitative estimate of drug-likeness (QED) is 0.759. The summed E-state index contributed by atoms with van der Waals surface area (Å²) in [5, 5.41) is 4.04. The van der Waals surface area contributed by atoms with Crippen molar-refractivity contribution in [2.45, 2.75) is 13.0 Å². The summed E-state index contributed by atoms with van der Waals surface area (Å²) in [6.07, 6.45) is 4.90. The summed E-state index contributed by atoms with van der Waals surface area (Å²) in [4.78, 5) is 24.8. The molecule has 0 aromatic carbocycles. The molecule has 0 radical (unpaired) electrons. The number of rotatable bonds is 3. The molecule has 3 aromatic rings. The Bertz CT molecular complexity index is 874. The predicted octanol–water partition coefficient (Wildman–Crippen LogP) is 1.48. The molecule has 1 atom stereocenters. The zero-order valence-corrected chi connectivity index (χ0v) is 12.3. The lowest BCUT2D eigenvalue weighted by Crippen LogP contribution is -2.19. The molecule has 1 unspecified atom stereocenters. The first kappa shape index (κ1) is 14.0. The SMILES string of the molecule is CC(Nc1cc(=O)n(C)c2ncc(N)cc12)c1ncccn1. The highest BCUT2D eigenvalue weighted by Gasteiger charge is 2.13. The van der Waals surface area contributed by atoms with Gasteiger partial charge >= 0.3 is 0 Å². The van der Waals surface area contributed by atoms with Crippen LogP contribution in [0, 0.1) is 0 Å². The van der Waals surface area contributed by atoms with E-state index in [1.165, 1.54) is 16.8 Å². The van der Waals surface area contributed by atoms with Crippen molar-refractivity contribution < 1.29 is 0 Å². The number of aromatic nitrogens is 4. The minimum Gasteiger partial charge on any atom is -0.397 e. The Balaban J connectivity index is 2.09. The molecule has 3 rings (SSSR count). The van der Waals surface area contributed by atoms with E-state index in [1.54, 1.807) is 31.6 Å². The molecule has 0 amide bonds. The molecule has 0 saturated carbocycles. The van der Waals surface area contributed by atoms with Gasteiger partial charge in [0.05, 0.1) is 23.6 Å². The predicted molar refractivity (Wildman–Crippen MR) is 85.5 cm³/mol. The highest BCUT2D eigenvalue weighted by Crippen LogP contribution is 2.24. The zero-order valence-electron chi connectivity index (χ0n) is 12.3. The Morgan fingerprint density at radius 1 is 1.23 bits per heavy atom. The first-order valence-corrected chi connectivity index (χ1v) is 6.85. The number of nitrogen functional groups attached to an aromatic ring is 1. The largest absolute Gasteiger partial charge is 0.397 e. The molecule has 0 bridgehead atoms. The molecule has 112 valence electrons. The fraction of sp³-hybridized carbons (Fsp3) is 0.200. The second kappa shape index (κ2) is 5.44. The molecule has 3 aromatic heterocycles. The third kappa shape index (κ3) is 2.48. The molecule has 0 spiro atoms. The topological polar surface area (TPSA) is 98.7 Å². The van der Waals surface area contributed by atoms with Crippen LogP contribution in [0.1, 0.15) is 18.8 Å². The molecule has 22 heavy (non-hydrogen) atoms. The third-order valence-corrected chi connectivity index (χ3v) is 3.44. The summed E-state index contributed by atoms with van der Waals surface area (Å²) in [6.45, 7) is 1.93. The lowest BCUT2D eigenvalue weighted by molar-refractivity contribution is 0.787. The third-order valence-electron chi connectivity index (χ3n) is 3.44. The maximum atomic E-state index is 12.1. The molecular weight excluding hydrogens is 280 g/mol. The molecule has 0 aliphatic rings. The lowest BCUT2D eigenvalue weighted by Gasteiger charge is -2.16. The van der Waals surface area contributed by atoms with Crippen LogP contribution in [-0.4, -0.2) is 19.5 Å². The van der Waals surface area contributed by atoms with Crippen molar-refractivity contribution in [1.29, 1.82) is 0 Å². The van der Waals surface area contributed by atoms with Crippen molar-refractivity contribution in [3.8, 4) is 0 Å². The van der Waals surface area contributed by atoms with Gasteiger partial charge in [0.25, 0.3) is 5.56 Å². The number of hydrogen-bond acceptors (Lipinski definition) is 6. The minimum absolute atomic E-state index is 0.145. The Labute approximate surface area is 126 Å². The fourth-order valence-corrected chi connectivity index (χ4v) is 2.29. The first-order chi connectivity index (χ1) is 10.6. The standard InChI is InChI=1S/C15H16N6O/c1-9(14-17-4-3-5-18-14)20-12-7-13(22)21(2)15-11(12)6-10(16)8-19-15/h3-9,20H,16H2,1-2H3. The number of anilines is 2. The summed E-state index contributed by atoms with van der Waals surface area (Å²) in [6, 6.07) is 4.93. The van der Waals surface area contributed by atoms with E-state index in [1.807, 2.05) is 6.92 Å². The lowest BCUT2D eigenvalue weighted by atomic mass is 10.2. The van der Waals surface area contributed by atoms with Gasteiger partial charge in [-0.15, -0.1) is 0 Å². The van der Waals surface area contributed by atoms with Crippen molar-refractivity contribution in [2.75, 3.05) is 11.1 Å². The van der Waals surface area contributed by atoms with Gasteiger partial charge in [0.2, 0.25) is 0 Å². The average molecular weight is 296 g/mol. The number of pyridine rings is 2. The van der Waals surface area contributed by atoms with Crippen LogP contribution in [0.25, 0.3) is 11.0 Å². The number of nitrogens with one attached hydrogen (secondary N) is 1. The Morgan fingerprint density at radius 2 is 1.95 bits per heavy atom. The maximum Gasteiger partial charge on any atom is 0.253 e. The summed E-state index contributed by atoms with van der Waals surface area (Å²) in [5.74, 6) is 0.646. The Morgan fingerprint density at radius 3 is 2.68 bits per heavy atom. The van der Waals surface area contributed by atoms with Gasteiger partial charge in [0, 0.05) is 30.9 Å². The Hall–Kier alpha value is -2.96. The van der Waals surface area contributed by atoms with Crippen molar-refractivity contribution in [3.63, 3.8) is 0 Å². The van der Waals surface area contributed by atoms with E-state index in [2.05, 4.69) is 20.3 Å². The van der Waals surface area contributed by atoms with Crippen molar-refractivity contribution >= 4 is 22.4 Å². The molecule has 0 aliphatic heterocycles. The number of hydrogen-bond donors (Lipinski definition) is 2. The summed E-state index contributed by atoms with van der Waals surface area (Å²) in [5.41, 5.74) is 7.45. The van der Waals surface area contributed by atoms with Gasteiger partial charge in [0.1, 0.15) is 11.5 Å². The average Bonchev–Trinajstić information content (AvgIpc) is 2.53. The highest BCUT2D eigenvalue weighted by atomic mass is 16.1. The van der Waals surface area contributed by atoms with Crippen LogP contribution < -0.4 is 16.6 Å². The molecule has 3 N–H and O–H groups in total. The van der Waals surface area contributed by atoms with Gasteiger partial charge in [0.15, 0.2) is 0 Å². The van der Waals surface area contributed by atoms with Gasteiger partial charge in [-0.25, -0.2) is 15.0 Å². The van der Waals surface area contributed by atoms with E-state index < -0.39 is 0 Å². The van der Waals surface area contributed by atoms with Crippen LogP contribution in [0.4, 0.5) is 11.4 Å². The Kier molecular flexibility index (Phi) is 3.46. The van der Waals surface area contributed by atoms with Gasteiger partial charge in [-0.1, -0.05) is 0 Å². The summed E-state index contributed by atoms with van der Waals surface area (Å²) >= 11 is 0. The van der Waals surface area contributed by atoms with E-state index in [0.717, 1.165) is 5.39 Å². The smallest absolute Gasteiger partial charge is 0.253 e. The zero-order chi connectivity index (χ0) is 15.7. The molecule has 7 heteroatoms. The minimum atomic E-state index is -0.155. The second-order valence-corrected chi connectivity index (χ2v) is 5.07. The van der Waals surface area contributed by atoms with Gasteiger partial charge < -0.3 is 11.1 Å².